The highest BCUT2D eigenvalue weighted by atomic mass is 79.9. The quantitative estimate of drug-likeness (QED) is 0.940. The molecule has 0 radical (unpaired) electrons. The number of hydrogen-bond donors (Lipinski definition) is 1. The first-order valence-corrected chi connectivity index (χ1v) is 5.89. The van der Waals surface area contributed by atoms with Crippen molar-refractivity contribution in [2.24, 2.45) is 0 Å². The van der Waals surface area contributed by atoms with Crippen LogP contribution in [0.25, 0.3) is 10.9 Å². The van der Waals surface area contributed by atoms with Gasteiger partial charge in [-0.3, -0.25) is 4.79 Å². The van der Waals surface area contributed by atoms with Crippen LogP contribution in [0, 0.1) is 0 Å². The summed E-state index contributed by atoms with van der Waals surface area (Å²) in [5.74, 6) is 0. The summed E-state index contributed by atoms with van der Waals surface area (Å²) in [5, 5.41) is 1.02. The summed E-state index contributed by atoms with van der Waals surface area (Å²) in [6.07, 6.45) is 0. The van der Waals surface area contributed by atoms with Crippen molar-refractivity contribution < 1.29 is 4.74 Å². The van der Waals surface area contributed by atoms with E-state index in [2.05, 4.69) is 20.9 Å². The van der Waals surface area contributed by atoms with Crippen molar-refractivity contribution in [2.45, 2.75) is 13.5 Å². The minimum absolute atomic E-state index is 0.0930. The number of aromatic nitrogens is 1. The van der Waals surface area contributed by atoms with Crippen LogP contribution in [0.4, 0.5) is 0 Å². The predicted molar refractivity (Wildman–Crippen MR) is 67.6 cm³/mol. The summed E-state index contributed by atoms with van der Waals surface area (Å²) in [6.45, 7) is 3.04. The zero-order valence-corrected chi connectivity index (χ0v) is 10.5. The Morgan fingerprint density at radius 1 is 1.38 bits per heavy atom. The highest BCUT2D eigenvalue weighted by Gasteiger charge is 2.04. The summed E-state index contributed by atoms with van der Waals surface area (Å²) >= 11 is 3.42. The first-order chi connectivity index (χ1) is 7.70. The van der Waals surface area contributed by atoms with E-state index in [1.807, 2.05) is 25.1 Å². The standard InChI is InChI=1S/C12H12BrNO2/c1-2-16-7-8-5-12(15)14-11-4-3-9(13)6-10(8)11/h3-6H,2,7H2,1H3,(H,14,15). The van der Waals surface area contributed by atoms with Crippen LogP contribution in [0.3, 0.4) is 0 Å². The van der Waals surface area contributed by atoms with Gasteiger partial charge in [-0.25, -0.2) is 0 Å². The van der Waals surface area contributed by atoms with Crippen molar-refractivity contribution in [3.8, 4) is 0 Å². The number of H-pyrrole nitrogens is 1. The fourth-order valence-corrected chi connectivity index (χ4v) is 1.99. The van der Waals surface area contributed by atoms with Crippen LogP contribution in [-0.2, 0) is 11.3 Å². The number of hydrogen-bond acceptors (Lipinski definition) is 2. The number of halogens is 1. The number of pyridine rings is 1. The molecule has 0 saturated heterocycles. The molecule has 0 bridgehead atoms. The number of rotatable bonds is 3. The molecule has 0 aliphatic carbocycles. The second kappa shape index (κ2) is 4.80. The summed E-state index contributed by atoms with van der Waals surface area (Å²) in [6, 6.07) is 7.36. The maximum absolute atomic E-state index is 11.4. The number of nitrogens with one attached hydrogen (secondary N) is 1. The van der Waals surface area contributed by atoms with Gasteiger partial charge in [0.1, 0.15) is 0 Å². The van der Waals surface area contributed by atoms with Crippen LogP contribution in [-0.4, -0.2) is 11.6 Å². The normalized spacial score (nSPS) is 10.9. The fourth-order valence-electron chi connectivity index (χ4n) is 1.63. The molecule has 0 atom stereocenters. The van der Waals surface area contributed by atoms with Crippen LogP contribution in [0.15, 0.2) is 33.5 Å². The van der Waals surface area contributed by atoms with E-state index in [-0.39, 0.29) is 5.56 Å². The summed E-state index contributed by atoms with van der Waals surface area (Å²) < 4.78 is 6.34. The third-order valence-electron chi connectivity index (χ3n) is 2.35. The van der Waals surface area contributed by atoms with E-state index < -0.39 is 0 Å². The van der Waals surface area contributed by atoms with E-state index in [1.54, 1.807) is 6.07 Å². The Kier molecular flexibility index (Phi) is 3.41. The molecule has 0 saturated carbocycles. The van der Waals surface area contributed by atoms with E-state index in [0.29, 0.717) is 13.2 Å². The lowest BCUT2D eigenvalue weighted by molar-refractivity contribution is 0.135. The van der Waals surface area contributed by atoms with Gasteiger partial charge < -0.3 is 9.72 Å². The van der Waals surface area contributed by atoms with Crippen molar-refractivity contribution in [1.82, 2.24) is 4.98 Å². The number of fused-ring (bicyclic) bond motifs is 1. The van der Waals surface area contributed by atoms with E-state index >= 15 is 0 Å². The van der Waals surface area contributed by atoms with Crippen molar-refractivity contribution in [3.05, 3.63) is 44.7 Å². The summed E-state index contributed by atoms with van der Waals surface area (Å²) in [7, 11) is 0. The van der Waals surface area contributed by atoms with E-state index in [9.17, 15) is 4.79 Å². The summed E-state index contributed by atoms with van der Waals surface area (Å²) in [4.78, 5) is 14.2. The molecule has 1 aromatic heterocycles. The number of aromatic amines is 1. The van der Waals surface area contributed by atoms with Gasteiger partial charge in [0.25, 0.3) is 0 Å². The van der Waals surface area contributed by atoms with Crippen LogP contribution in [0.5, 0.6) is 0 Å². The molecular weight excluding hydrogens is 270 g/mol. The highest BCUT2D eigenvalue weighted by molar-refractivity contribution is 9.10. The first-order valence-electron chi connectivity index (χ1n) is 5.10. The van der Waals surface area contributed by atoms with Gasteiger partial charge in [-0.05, 0) is 30.7 Å². The Morgan fingerprint density at radius 3 is 2.94 bits per heavy atom. The van der Waals surface area contributed by atoms with Crippen molar-refractivity contribution in [2.75, 3.05) is 6.61 Å². The van der Waals surface area contributed by atoms with Gasteiger partial charge in [0.15, 0.2) is 0 Å². The van der Waals surface area contributed by atoms with Crippen LogP contribution >= 0.6 is 15.9 Å². The van der Waals surface area contributed by atoms with E-state index in [4.69, 9.17) is 4.74 Å². The van der Waals surface area contributed by atoms with Crippen molar-refractivity contribution >= 4 is 26.8 Å². The van der Waals surface area contributed by atoms with Gasteiger partial charge in [0, 0.05) is 28.0 Å². The van der Waals surface area contributed by atoms with Gasteiger partial charge in [0.2, 0.25) is 5.56 Å². The zero-order valence-electron chi connectivity index (χ0n) is 8.92. The lowest BCUT2D eigenvalue weighted by Crippen LogP contribution is -2.07. The predicted octanol–water partition coefficient (Wildman–Crippen LogP) is 2.83. The average molecular weight is 282 g/mol. The molecule has 1 aromatic carbocycles. The van der Waals surface area contributed by atoms with Crippen molar-refractivity contribution in [1.29, 1.82) is 0 Å². The van der Waals surface area contributed by atoms with E-state index in [1.165, 1.54) is 0 Å². The molecule has 0 aliphatic heterocycles. The van der Waals surface area contributed by atoms with Gasteiger partial charge in [-0.2, -0.15) is 0 Å². The topological polar surface area (TPSA) is 42.1 Å². The van der Waals surface area contributed by atoms with E-state index in [0.717, 1.165) is 20.9 Å². The minimum atomic E-state index is -0.0930. The monoisotopic (exact) mass is 281 g/mol. The van der Waals surface area contributed by atoms with Gasteiger partial charge in [-0.1, -0.05) is 15.9 Å². The second-order valence-electron chi connectivity index (χ2n) is 3.49. The third kappa shape index (κ3) is 2.33. The Labute approximate surface area is 102 Å². The SMILES string of the molecule is CCOCc1cc(=O)[nH]c2ccc(Br)cc12. The largest absolute Gasteiger partial charge is 0.377 e. The summed E-state index contributed by atoms with van der Waals surface area (Å²) in [5.41, 5.74) is 1.66. The number of benzene rings is 1. The molecule has 0 fully saturated rings. The lowest BCUT2D eigenvalue weighted by atomic mass is 10.1. The Bertz CT molecular complexity index is 562. The molecule has 0 amide bonds. The third-order valence-corrected chi connectivity index (χ3v) is 2.85. The molecule has 1 N–H and O–H groups in total. The fraction of sp³-hybridized carbons (Fsp3) is 0.250. The molecule has 2 rings (SSSR count). The number of ether oxygens (including phenoxy) is 1. The zero-order chi connectivity index (χ0) is 11.5. The molecule has 2 aromatic rings. The molecular formula is C12H12BrNO2. The molecule has 16 heavy (non-hydrogen) atoms. The molecule has 3 nitrogen and oxygen atoms in total. The highest BCUT2D eigenvalue weighted by Crippen LogP contribution is 2.20. The van der Waals surface area contributed by atoms with Gasteiger partial charge in [-0.15, -0.1) is 0 Å². The van der Waals surface area contributed by atoms with Gasteiger partial charge >= 0.3 is 0 Å². The average Bonchev–Trinajstić information content (AvgIpc) is 2.26. The molecule has 0 unspecified atom stereocenters. The molecule has 4 heteroatoms. The lowest BCUT2D eigenvalue weighted by Gasteiger charge is -2.06. The van der Waals surface area contributed by atoms with Gasteiger partial charge in [0.05, 0.1) is 6.61 Å². The first kappa shape index (κ1) is 11.4. The van der Waals surface area contributed by atoms with Crippen LogP contribution in [0.2, 0.25) is 0 Å². The Hall–Kier alpha value is -1.13. The Balaban J connectivity index is 2.60. The van der Waals surface area contributed by atoms with Crippen LogP contribution in [0.1, 0.15) is 12.5 Å². The molecule has 1 heterocycles. The minimum Gasteiger partial charge on any atom is -0.377 e. The van der Waals surface area contributed by atoms with Crippen LogP contribution < -0.4 is 5.56 Å². The molecule has 0 spiro atoms. The smallest absolute Gasteiger partial charge is 0.248 e. The molecule has 0 aliphatic rings. The Morgan fingerprint density at radius 2 is 2.19 bits per heavy atom. The van der Waals surface area contributed by atoms with Crippen molar-refractivity contribution in [3.63, 3.8) is 0 Å². The maximum Gasteiger partial charge on any atom is 0.248 e. The molecule has 84 valence electrons. The maximum atomic E-state index is 11.4. The second-order valence-corrected chi connectivity index (χ2v) is 4.40.